The number of hydrogen-bond donors (Lipinski definition) is 0. The summed E-state index contributed by atoms with van der Waals surface area (Å²) in [6.45, 7) is 0. The molecule has 0 rings (SSSR count). The smallest absolute Gasteiger partial charge is 0 e. The molecule has 4 heavy (non-hydrogen) atoms. The SMILES string of the molecule is [Co].[In].[In].[In]. The zero-order chi connectivity index (χ0) is 0. The first kappa shape index (κ1) is 27.4. The fourth-order valence-corrected chi connectivity index (χ4v) is 0. The molecule has 0 saturated carbocycles. The van der Waals surface area contributed by atoms with Gasteiger partial charge < -0.3 is 0 Å². The molecule has 0 bridgehead atoms. The molecule has 10 radical (unpaired) electrons. The van der Waals surface area contributed by atoms with Crippen LogP contribution in [0.5, 0.6) is 0 Å². The van der Waals surface area contributed by atoms with E-state index in [4.69, 9.17) is 0 Å². The van der Waals surface area contributed by atoms with Crippen molar-refractivity contribution in [2.24, 2.45) is 0 Å². The number of hydrogen-bond acceptors (Lipinski definition) is 0. The van der Waals surface area contributed by atoms with Crippen LogP contribution < -0.4 is 0 Å². The summed E-state index contributed by atoms with van der Waals surface area (Å²) < 4.78 is 0. The summed E-state index contributed by atoms with van der Waals surface area (Å²) in [7, 11) is 0. The molecule has 0 saturated heterocycles. The summed E-state index contributed by atoms with van der Waals surface area (Å²) in [5, 5.41) is 0. The van der Waals surface area contributed by atoms with E-state index in [2.05, 4.69) is 0 Å². The maximum Gasteiger partial charge on any atom is 0 e. The van der Waals surface area contributed by atoms with Crippen molar-refractivity contribution >= 4 is 77.5 Å². The van der Waals surface area contributed by atoms with E-state index in [0.29, 0.717) is 0 Å². The van der Waals surface area contributed by atoms with E-state index in [1.165, 1.54) is 0 Å². The molecule has 0 aliphatic rings. The van der Waals surface area contributed by atoms with Crippen LogP contribution >= 0.6 is 0 Å². The monoisotopic (exact) mass is 404 g/mol. The average Bonchev–Trinajstić information content (AvgIpc) is 0. The van der Waals surface area contributed by atoms with E-state index in [-0.39, 0.29) is 94.3 Å². The molecule has 0 unspecified atom stereocenters. The van der Waals surface area contributed by atoms with Crippen LogP contribution in [-0.2, 0) is 16.8 Å². The summed E-state index contributed by atoms with van der Waals surface area (Å²) in [5.41, 5.74) is 0. The Labute approximate surface area is 92.4 Å². The van der Waals surface area contributed by atoms with Crippen LogP contribution in [0.1, 0.15) is 0 Å². The van der Waals surface area contributed by atoms with Gasteiger partial charge in [0.15, 0.2) is 0 Å². The summed E-state index contributed by atoms with van der Waals surface area (Å²) in [5.74, 6) is 0. The van der Waals surface area contributed by atoms with Gasteiger partial charge in [-0.15, -0.1) is 0 Å². The molecule has 0 atom stereocenters. The maximum atomic E-state index is 0. The molecular weight excluding hydrogens is 403 g/mol. The Balaban J connectivity index is 0. The van der Waals surface area contributed by atoms with Gasteiger partial charge in [-0.2, -0.15) is 0 Å². The van der Waals surface area contributed by atoms with Crippen molar-refractivity contribution in [2.45, 2.75) is 0 Å². The van der Waals surface area contributed by atoms with Crippen molar-refractivity contribution in [1.82, 2.24) is 0 Å². The van der Waals surface area contributed by atoms with Crippen LogP contribution in [-0.4, -0.2) is 77.5 Å². The van der Waals surface area contributed by atoms with E-state index in [0.717, 1.165) is 0 Å². The van der Waals surface area contributed by atoms with Crippen LogP contribution in [0.15, 0.2) is 0 Å². The van der Waals surface area contributed by atoms with Gasteiger partial charge in [0.2, 0.25) is 0 Å². The zero-order valence-corrected chi connectivity index (χ0v) is 13.0. The van der Waals surface area contributed by atoms with Crippen LogP contribution in [0.2, 0.25) is 0 Å². The number of rotatable bonds is 0. The van der Waals surface area contributed by atoms with Gasteiger partial charge in [-0.25, -0.2) is 0 Å². The standard InChI is InChI=1S/Co.3In. The molecule has 18 valence electrons. The van der Waals surface area contributed by atoms with Crippen LogP contribution in [0, 0.1) is 0 Å². The third kappa shape index (κ3) is 8.93. The Morgan fingerprint density at radius 2 is 0.500 bits per heavy atom. The zero-order valence-electron chi connectivity index (χ0n) is 2.07. The molecule has 0 aromatic heterocycles. The van der Waals surface area contributed by atoms with E-state index in [1.54, 1.807) is 0 Å². The molecule has 0 fully saturated rings. The minimum atomic E-state index is 0. The largest absolute Gasteiger partial charge is 0 e. The van der Waals surface area contributed by atoms with Gasteiger partial charge in [-0.05, 0) is 0 Å². The molecule has 0 N–H and O–H groups in total. The first-order chi connectivity index (χ1) is 0. The minimum absolute atomic E-state index is 0. The second-order valence-electron chi connectivity index (χ2n) is 0. The average molecular weight is 403 g/mol. The Hall–Kier alpha value is 3.12. The van der Waals surface area contributed by atoms with Gasteiger partial charge in [0, 0.05) is 94.3 Å². The van der Waals surface area contributed by atoms with Gasteiger partial charge >= 0.3 is 0 Å². The van der Waals surface area contributed by atoms with E-state index in [9.17, 15) is 0 Å². The van der Waals surface area contributed by atoms with Gasteiger partial charge in [-0.3, -0.25) is 0 Å². The van der Waals surface area contributed by atoms with Crippen molar-refractivity contribution < 1.29 is 16.8 Å². The summed E-state index contributed by atoms with van der Waals surface area (Å²) >= 11 is 0. The van der Waals surface area contributed by atoms with Gasteiger partial charge in [0.05, 0.1) is 0 Å². The molecule has 0 nitrogen and oxygen atoms in total. The Morgan fingerprint density at radius 1 is 0.500 bits per heavy atom. The molecule has 0 spiro atoms. The third-order valence-corrected chi connectivity index (χ3v) is 0. The molecule has 4 heteroatoms. The van der Waals surface area contributed by atoms with Crippen LogP contribution in [0.3, 0.4) is 0 Å². The van der Waals surface area contributed by atoms with Gasteiger partial charge in [0.1, 0.15) is 0 Å². The first-order valence-electron chi connectivity index (χ1n) is 0. The van der Waals surface area contributed by atoms with E-state index in [1.807, 2.05) is 0 Å². The predicted octanol–water partition coefficient (Wildman–Crippen LogP) is -1.14. The van der Waals surface area contributed by atoms with Gasteiger partial charge in [-0.1, -0.05) is 0 Å². The second kappa shape index (κ2) is 16.5. The molecule has 0 heterocycles. The predicted molar refractivity (Wildman–Crippen MR) is 17.3 cm³/mol. The molecular formula is CoIn3. The van der Waals surface area contributed by atoms with Crippen LogP contribution in [0.4, 0.5) is 0 Å². The van der Waals surface area contributed by atoms with E-state index < -0.39 is 0 Å². The first-order valence-corrected chi connectivity index (χ1v) is 0. The summed E-state index contributed by atoms with van der Waals surface area (Å²) in [6, 6.07) is 0. The summed E-state index contributed by atoms with van der Waals surface area (Å²) in [6.07, 6.45) is 0. The van der Waals surface area contributed by atoms with Crippen molar-refractivity contribution in [3.05, 3.63) is 0 Å². The van der Waals surface area contributed by atoms with Crippen molar-refractivity contribution in [3.8, 4) is 0 Å². The molecule has 0 aliphatic carbocycles. The molecule has 0 aliphatic heterocycles. The molecule has 0 aromatic carbocycles. The third-order valence-electron chi connectivity index (χ3n) is 0. The Morgan fingerprint density at radius 3 is 0.500 bits per heavy atom. The molecule has 0 amide bonds. The van der Waals surface area contributed by atoms with Crippen molar-refractivity contribution in [1.29, 1.82) is 0 Å². The fraction of sp³-hybridized carbons (Fsp3) is 0. The maximum absolute atomic E-state index is 0. The topological polar surface area (TPSA) is 0 Å². The van der Waals surface area contributed by atoms with Gasteiger partial charge in [0.25, 0.3) is 0 Å². The Kier molecular flexibility index (Phi) is 113. The Bertz CT molecular complexity index is 3.25. The van der Waals surface area contributed by atoms with Crippen molar-refractivity contribution in [3.63, 3.8) is 0 Å². The summed E-state index contributed by atoms with van der Waals surface area (Å²) in [4.78, 5) is 0. The van der Waals surface area contributed by atoms with Crippen molar-refractivity contribution in [2.75, 3.05) is 0 Å². The quantitative estimate of drug-likeness (QED) is 0.480. The second-order valence-corrected chi connectivity index (χ2v) is 0. The molecule has 0 aromatic rings. The van der Waals surface area contributed by atoms with Crippen LogP contribution in [0.25, 0.3) is 0 Å². The van der Waals surface area contributed by atoms with E-state index >= 15 is 0 Å². The fourth-order valence-electron chi connectivity index (χ4n) is 0. The minimum Gasteiger partial charge on any atom is 0 e. The normalized spacial score (nSPS) is 0.